The van der Waals surface area contributed by atoms with Crippen LogP contribution in [0.15, 0.2) is 0 Å². The number of ether oxygens (including phenoxy) is 1. The summed E-state index contributed by atoms with van der Waals surface area (Å²) < 4.78 is 31.7. The van der Waals surface area contributed by atoms with Gasteiger partial charge in [0.2, 0.25) is 0 Å². The van der Waals surface area contributed by atoms with Gasteiger partial charge in [0.05, 0.1) is 12.9 Å². The molecule has 0 heterocycles. The van der Waals surface area contributed by atoms with Gasteiger partial charge in [-0.05, 0) is 52.9 Å². The van der Waals surface area contributed by atoms with Crippen LogP contribution in [0.2, 0.25) is 0 Å². The summed E-state index contributed by atoms with van der Waals surface area (Å²) in [6.45, 7) is 5.78. The third-order valence-corrected chi connectivity index (χ3v) is 4.57. The Morgan fingerprint density at radius 1 is 1.20 bits per heavy atom. The average Bonchev–Trinajstić information content (AvgIpc) is 2.48. The molecule has 0 aromatic heterocycles. The molecule has 0 N–H and O–H groups in total. The average molecular weight is 374 g/mol. The van der Waals surface area contributed by atoms with Gasteiger partial charge in [0.1, 0.15) is 5.60 Å². The lowest BCUT2D eigenvalue weighted by molar-refractivity contribution is 0.0180. The number of carbonyl (C=O) groups is 1. The quantitative estimate of drug-likeness (QED) is 0.420. The van der Waals surface area contributed by atoms with Crippen LogP contribution in [0.4, 0.5) is 4.79 Å². The van der Waals surface area contributed by atoms with Crippen LogP contribution >= 0.6 is 0 Å². The molecular weight excluding hydrogens is 342 g/mol. The van der Waals surface area contributed by atoms with Crippen LogP contribution < -0.4 is 0 Å². The van der Waals surface area contributed by atoms with Crippen LogP contribution in [0.5, 0.6) is 0 Å². The van der Waals surface area contributed by atoms with Gasteiger partial charge in [0, 0.05) is 25.4 Å². The molecule has 1 rings (SSSR count). The summed E-state index contributed by atoms with van der Waals surface area (Å²) >= 11 is 0. The molecule has 0 atom stereocenters. The molecule has 1 aliphatic rings. The summed E-state index contributed by atoms with van der Waals surface area (Å²) in [6, 6.07) is 0.205. The highest BCUT2D eigenvalue weighted by molar-refractivity contribution is 7.85. The van der Waals surface area contributed by atoms with E-state index in [1.165, 1.54) is 0 Å². The Morgan fingerprint density at radius 3 is 2.32 bits per heavy atom. The van der Waals surface area contributed by atoms with Crippen LogP contribution in [-0.2, 0) is 19.0 Å². The summed E-state index contributed by atoms with van der Waals surface area (Å²) in [7, 11) is -1.56. The lowest BCUT2D eigenvalue weighted by atomic mass is 9.86. The molecule has 6 nitrogen and oxygen atoms in total. The van der Waals surface area contributed by atoms with Gasteiger partial charge in [0.25, 0.3) is 10.1 Å². The first kappa shape index (κ1) is 21.8. The topological polar surface area (TPSA) is 72.9 Å². The largest absolute Gasteiger partial charge is 0.444 e. The molecule has 1 fully saturated rings. The fourth-order valence-electron chi connectivity index (χ4n) is 2.68. The van der Waals surface area contributed by atoms with E-state index in [0.717, 1.165) is 31.9 Å². The van der Waals surface area contributed by atoms with Gasteiger partial charge >= 0.3 is 6.09 Å². The Morgan fingerprint density at radius 2 is 1.80 bits per heavy atom. The summed E-state index contributed by atoms with van der Waals surface area (Å²) in [4.78, 5) is 13.8. The molecule has 0 saturated heterocycles. The fourth-order valence-corrected chi connectivity index (χ4v) is 3.10. The van der Waals surface area contributed by atoms with Crippen molar-refractivity contribution < 1.29 is 22.1 Å². The molecule has 0 bridgehead atoms. The van der Waals surface area contributed by atoms with Crippen molar-refractivity contribution in [1.29, 1.82) is 0 Å². The second-order valence-electron chi connectivity index (χ2n) is 7.55. The van der Waals surface area contributed by atoms with Crippen LogP contribution in [-0.4, -0.2) is 51.0 Å². The molecule has 0 aromatic rings. The number of amides is 1. The first-order valence-electron chi connectivity index (χ1n) is 8.76. The lowest BCUT2D eigenvalue weighted by Gasteiger charge is -2.34. The number of carbonyl (C=O) groups excluding carboxylic acids is 1. The molecule has 1 saturated carbocycles. The Kier molecular flexibility index (Phi) is 8.23. The maximum absolute atomic E-state index is 12.1. The predicted molar refractivity (Wildman–Crippen MR) is 97.5 cm³/mol. The van der Waals surface area contributed by atoms with E-state index in [2.05, 4.69) is 16.0 Å². The van der Waals surface area contributed by atoms with E-state index >= 15 is 0 Å². The van der Waals surface area contributed by atoms with Crippen LogP contribution in [0, 0.1) is 17.8 Å². The number of rotatable bonds is 5. The van der Waals surface area contributed by atoms with Crippen molar-refractivity contribution in [2.24, 2.45) is 5.92 Å². The SMILES string of the molecule is CN(C(=O)OC(C)(C)C)C1CCC(C#CCCCOS(C)(=O)=O)CC1. The predicted octanol–water partition coefficient (Wildman–Crippen LogP) is 3.17. The van der Waals surface area contributed by atoms with E-state index in [9.17, 15) is 13.2 Å². The zero-order valence-corrected chi connectivity index (χ0v) is 16.8. The Bertz CT molecular complexity index is 589. The number of hydrogen-bond donors (Lipinski definition) is 0. The van der Waals surface area contributed by atoms with Gasteiger partial charge in [-0.15, -0.1) is 5.92 Å². The molecule has 25 heavy (non-hydrogen) atoms. The highest BCUT2D eigenvalue weighted by atomic mass is 32.2. The minimum atomic E-state index is -3.36. The first-order valence-corrected chi connectivity index (χ1v) is 10.6. The van der Waals surface area contributed by atoms with Crippen LogP contribution in [0.1, 0.15) is 59.3 Å². The van der Waals surface area contributed by atoms with E-state index in [-0.39, 0.29) is 18.7 Å². The monoisotopic (exact) mass is 373 g/mol. The zero-order chi connectivity index (χ0) is 19.1. The molecule has 1 amide bonds. The second-order valence-corrected chi connectivity index (χ2v) is 9.19. The smallest absolute Gasteiger partial charge is 0.410 e. The van der Waals surface area contributed by atoms with Gasteiger partial charge in [-0.1, -0.05) is 5.92 Å². The van der Waals surface area contributed by atoms with Gasteiger partial charge in [-0.3, -0.25) is 4.18 Å². The fraction of sp³-hybridized carbons (Fsp3) is 0.833. The van der Waals surface area contributed by atoms with E-state index < -0.39 is 15.7 Å². The number of nitrogens with zero attached hydrogens (tertiary/aromatic N) is 1. The minimum absolute atomic E-state index is 0.181. The number of hydrogen-bond acceptors (Lipinski definition) is 5. The van der Waals surface area contributed by atoms with Crippen molar-refractivity contribution >= 4 is 16.2 Å². The Hall–Kier alpha value is -1.26. The maximum atomic E-state index is 12.1. The highest BCUT2D eigenvalue weighted by Crippen LogP contribution is 2.27. The molecular formula is C18H31NO5S. The van der Waals surface area contributed by atoms with Crippen molar-refractivity contribution in [3.05, 3.63) is 0 Å². The molecule has 7 heteroatoms. The molecule has 1 aliphatic carbocycles. The summed E-state index contributed by atoms with van der Waals surface area (Å²) in [6.07, 6.45) is 5.79. The van der Waals surface area contributed by atoms with Crippen molar-refractivity contribution in [2.45, 2.75) is 70.9 Å². The van der Waals surface area contributed by atoms with Crippen molar-refractivity contribution in [3.8, 4) is 11.8 Å². The highest BCUT2D eigenvalue weighted by Gasteiger charge is 2.28. The lowest BCUT2D eigenvalue weighted by Crippen LogP contribution is -2.42. The van der Waals surface area contributed by atoms with Gasteiger partial charge in [0.15, 0.2) is 0 Å². The van der Waals surface area contributed by atoms with Crippen LogP contribution in [0.25, 0.3) is 0 Å². The van der Waals surface area contributed by atoms with Crippen molar-refractivity contribution in [1.82, 2.24) is 4.90 Å². The summed E-state index contributed by atoms with van der Waals surface area (Å²) in [5.74, 6) is 6.71. The molecule has 0 unspecified atom stereocenters. The maximum Gasteiger partial charge on any atom is 0.410 e. The molecule has 0 spiro atoms. The third kappa shape index (κ3) is 9.71. The van der Waals surface area contributed by atoms with Gasteiger partial charge < -0.3 is 9.64 Å². The second kappa shape index (κ2) is 9.44. The number of unbranched alkanes of at least 4 members (excludes halogenated alkanes) is 1. The zero-order valence-electron chi connectivity index (χ0n) is 16.0. The van der Waals surface area contributed by atoms with E-state index in [4.69, 9.17) is 4.74 Å². The van der Waals surface area contributed by atoms with Crippen LogP contribution in [0.3, 0.4) is 0 Å². The molecule has 0 aliphatic heterocycles. The van der Waals surface area contributed by atoms with E-state index in [0.29, 0.717) is 18.8 Å². The summed E-state index contributed by atoms with van der Waals surface area (Å²) in [5, 5.41) is 0. The minimum Gasteiger partial charge on any atom is -0.444 e. The normalized spacial score (nSPS) is 21.2. The molecule has 0 aromatic carbocycles. The Balaban J connectivity index is 2.30. The standard InChI is InChI=1S/C18H31NO5S/c1-18(2,3)24-17(20)19(4)16-12-10-15(11-13-16)9-7-6-8-14-23-25(5,21)22/h15-16H,6,8,10-14H2,1-5H3. The first-order chi connectivity index (χ1) is 11.5. The summed E-state index contributed by atoms with van der Waals surface area (Å²) in [5.41, 5.74) is -0.477. The van der Waals surface area contributed by atoms with E-state index in [1.807, 2.05) is 20.8 Å². The van der Waals surface area contributed by atoms with Gasteiger partial charge in [-0.2, -0.15) is 8.42 Å². The van der Waals surface area contributed by atoms with Crippen molar-refractivity contribution in [3.63, 3.8) is 0 Å². The Labute approximate surface area is 152 Å². The third-order valence-electron chi connectivity index (χ3n) is 3.98. The van der Waals surface area contributed by atoms with Crippen molar-refractivity contribution in [2.75, 3.05) is 19.9 Å². The molecule has 144 valence electrons. The van der Waals surface area contributed by atoms with E-state index in [1.54, 1.807) is 11.9 Å². The molecule has 0 radical (unpaired) electrons. The van der Waals surface area contributed by atoms with Gasteiger partial charge in [-0.25, -0.2) is 4.79 Å².